The van der Waals surface area contributed by atoms with Crippen LogP contribution in [0, 0.1) is 5.41 Å². The molecule has 13 heavy (non-hydrogen) atoms. The fraction of sp³-hybridized carbons (Fsp3) is 0. The van der Waals surface area contributed by atoms with Crippen molar-refractivity contribution in [2.75, 3.05) is 0 Å². The minimum Gasteiger partial charge on any atom is -0.383 e. The maximum absolute atomic E-state index is 11.0. The molecule has 72 valence electrons. The number of hydrogen-bond acceptors (Lipinski definition) is 5. The van der Waals surface area contributed by atoms with Crippen molar-refractivity contribution < 1.29 is 13.6 Å². The third-order valence-corrected chi connectivity index (χ3v) is 3.96. The van der Waals surface area contributed by atoms with Gasteiger partial charge in [-0.3, -0.25) is 5.41 Å². The lowest BCUT2D eigenvalue weighted by molar-refractivity contribution is 0.243. The zero-order valence-corrected chi connectivity index (χ0v) is 7.95. The lowest BCUT2D eigenvalue weighted by atomic mass is 10.4. The third-order valence-electron chi connectivity index (χ3n) is 1.23. The first-order valence-corrected chi connectivity index (χ1v) is 5.37. The lowest BCUT2D eigenvalue weighted by Crippen LogP contribution is -2.18. The molecule has 0 saturated carbocycles. The Morgan fingerprint density at radius 3 is 2.62 bits per heavy atom. The standard InChI is InChI=1S/C5H7N3O3S2/c6-5(7)3-1-2-4(12-3)13(10,11)8-9/h1-2,8-9H,(H3,6,7). The van der Waals surface area contributed by atoms with Gasteiger partial charge in [-0.1, -0.05) is 4.89 Å². The van der Waals surface area contributed by atoms with E-state index in [-0.39, 0.29) is 10.0 Å². The van der Waals surface area contributed by atoms with Crippen LogP contribution in [-0.4, -0.2) is 19.5 Å². The van der Waals surface area contributed by atoms with Crippen LogP contribution in [0.2, 0.25) is 0 Å². The van der Waals surface area contributed by atoms with Crippen molar-refractivity contribution in [2.24, 2.45) is 5.73 Å². The highest BCUT2D eigenvalue weighted by atomic mass is 32.2. The number of rotatable bonds is 3. The Bertz CT molecular complexity index is 422. The lowest BCUT2D eigenvalue weighted by Gasteiger charge is -1.94. The maximum Gasteiger partial charge on any atom is 0.271 e. The number of amidine groups is 1. The molecule has 5 N–H and O–H groups in total. The number of sulfonamides is 1. The molecule has 0 bridgehead atoms. The summed E-state index contributed by atoms with van der Waals surface area (Å²) in [6, 6.07) is 2.66. The molecule has 0 aliphatic heterocycles. The summed E-state index contributed by atoms with van der Waals surface area (Å²) < 4.78 is 21.9. The molecule has 1 heterocycles. The number of thiophene rings is 1. The quantitative estimate of drug-likeness (QED) is 0.318. The van der Waals surface area contributed by atoms with E-state index in [9.17, 15) is 8.42 Å². The highest BCUT2D eigenvalue weighted by molar-refractivity contribution is 7.91. The summed E-state index contributed by atoms with van der Waals surface area (Å²) in [7, 11) is -3.84. The van der Waals surface area contributed by atoms with E-state index >= 15 is 0 Å². The van der Waals surface area contributed by atoms with Gasteiger partial charge in [-0.2, -0.15) is 0 Å². The first kappa shape index (κ1) is 10.1. The van der Waals surface area contributed by atoms with E-state index in [0.717, 1.165) is 11.3 Å². The summed E-state index contributed by atoms with van der Waals surface area (Å²) in [6.45, 7) is 0. The Hall–Kier alpha value is -0.960. The van der Waals surface area contributed by atoms with E-state index in [4.69, 9.17) is 16.4 Å². The first-order chi connectivity index (χ1) is 5.97. The van der Waals surface area contributed by atoms with E-state index < -0.39 is 10.0 Å². The van der Waals surface area contributed by atoms with Gasteiger partial charge in [-0.15, -0.1) is 11.3 Å². The molecule has 8 heteroatoms. The molecular formula is C5H7N3O3S2. The van der Waals surface area contributed by atoms with Gasteiger partial charge in [0.1, 0.15) is 10.0 Å². The van der Waals surface area contributed by atoms with E-state index in [2.05, 4.69) is 0 Å². The molecule has 0 aliphatic rings. The fourth-order valence-corrected chi connectivity index (χ4v) is 2.41. The smallest absolute Gasteiger partial charge is 0.271 e. The zero-order chi connectivity index (χ0) is 10.1. The highest BCUT2D eigenvalue weighted by Gasteiger charge is 2.15. The van der Waals surface area contributed by atoms with Crippen molar-refractivity contribution in [2.45, 2.75) is 4.21 Å². The summed E-state index contributed by atoms with van der Waals surface area (Å²) in [5.41, 5.74) is 5.13. The Morgan fingerprint density at radius 2 is 2.23 bits per heavy atom. The van der Waals surface area contributed by atoms with Crippen LogP contribution in [0.1, 0.15) is 4.88 Å². The topological polar surface area (TPSA) is 116 Å². The van der Waals surface area contributed by atoms with Crippen LogP contribution in [0.4, 0.5) is 0 Å². The monoisotopic (exact) mass is 221 g/mol. The van der Waals surface area contributed by atoms with E-state index in [1.165, 1.54) is 17.0 Å². The normalized spacial score (nSPS) is 11.5. The van der Waals surface area contributed by atoms with E-state index in [1.807, 2.05) is 0 Å². The molecule has 1 aromatic rings. The van der Waals surface area contributed by atoms with E-state index in [0.29, 0.717) is 4.88 Å². The average Bonchev–Trinajstić information content (AvgIpc) is 2.52. The molecule has 0 fully saturated rings. The molecule has 0 amide bonds. The molecule has 0 saturated heterocycles. The number of nitrogens with two attached hydrogens (primary N) is 1. The molecule has 0 aliphatic carbocycles. The van der Waals surface area contributed by atoms with Gasteiger partial charge < -0.3 is 10.9 Å². The second kappa shape index (κ2) is 3.42. The number of hydrogen-bond donors (Lipinski definition) is 4. The molecule has 1 aromatic heterocycles. The Labute approximate surface area is 78.5 Å². The fourth-order valence-electron chi connectivity index (χ4n) is 0.654. The highest BCUT2D eigenvalue weighted by Crippen LogP contribution is 2.20. The van der Waals surface area contributed by atoms with Crippen LogP contribution in [-0.2, 0) is 10.0 Å². The second-order valence-corrected chi connectivity index (χ2v) is 5.10. The van der Waals surface area contributed by atoms with Gasteiger partial charge in [-0.05, 0) is 12.1 Å². The van der Waals surface area contributed by atoms with Crippen molar-refractivity contribution in [1.29, 1.82) is 5.41 Å². The molecule has 0 unspecified atom stereocenters. The minimum absolute atomic E-state index is 0.0831. The Kier molecular flexibility index (Phi) is 2.66. The first-order valence-electron chi connectivity index (χ1n) is 3.07. The molecular weight excluding hydrogens is 214 g/mol. The van der Waals surface area contributed by atoms with Crippen LogP contribution >= 0.6 is 11.3 Å². The predicted octanol–water partition coefficient (Wildman–Crippen LogP) is -0.300. The zero-order valence-electron chi connectivity index (χ0n) is 6.31. The van der Waals surface area contributed by atoms with Gasteiger partial charge in [0.15, 0.2) is 0 Å². The van der Waals surface area contributed by atoms with E-state index in [1.54, 1.807) is 0 Å². The van der Waals surface area contributed by atoms with Gasteiger partial charge in [0.05, 0.1) is 4.88 Å². The maximum atomic E-state index is 11.0. The van der Waals surface area contributed by atoms with Crippen molar-refractivity contribution in [3.63, 3.8) is 0 Å². The number of nitrogens with one attached hydrogen (secondary N) is 2. The summed E-state index contributed by atoms with van der Waals surface area (Å²) >= 11 is 0.812. The van der Waals surface area contributed by atoms with Gasteiger partial charge >= 0.3 is 0 Å². The minimum atomic E-state index is -3.84. The summed E-state index contributed by atoms with van der Waals surface area (Å²) in [4.78, 5) is 1.52. The Morgan fingerprint density at radius 1 is 1.62 bits per heavy atom. The molecule has 0 spiro atoms. The van der Waals surface area contributed by atoms with Crippen molar-refractivity contribution in [3.05, 3.63) is 17.0 Å². The molecule has 1 rings (SSSR count). The van der Waals surface area contributed by atoms with Gasteiger partial charge in [0, 0.05) is 0 Å². The van der Waals surface area contributed by atoms with Gasteiger partial charge in [0.2, 0.25) is 0 Å². The molecule has 0 radical (unpaired) electrons. The van der Waals surface area contributed by atoms with Crippen molar-refractivity contribution >= 4 is 27.2 Å². The van der Waals surface area contributed by atoms with Crippen LogP contribution in [0.25, 0.3) is 0 Å². The van der Waals surface area contributed by atoms with Gasteiger partial charge in [-0.25, -0.2) is 8.42 Å². The molecule has 6 nitrogen and oxygen atoms in total. The second-order valence-electron chi connectivity index (χ2n) is 2.13. The summed E-state index contributed by atoms with van der Waals surface area (Å²) in [5.74, 6) is -0.204. The summed E-state index contributed by atoms with van der Waals surface area (Å²) in [5, 5.41) is 15.3. The average molecular weight is 221 g/mol. The summed E-state index contributed by atoms with van der Waals surface area (Å²) in [6.07, 6.45) is 0. The Balaban J connectivity index is 3.13. The van der Waals surface area contributed by atoms with Crippen molar-refractivity contribution in [1.82, 2.24) is 4.89 Å². The largest absolute Gasteiger partial charge is 0.383 e. The van der Waals surface area contributed by atoms with Crippen LogP contribution in [0.5, 0.6) is 0 Å². The van der Waals surface area contributed by atoms with Crippen LogP contribution in [0.15, 0.2) is 16.3 Å². The van der Waals surface area contributed by atoms with Crippen LogP contribution in [0.3, 0.4) is 0 Å². The van der Waals surface area contributed by atoms with Crippen LogP contribution < -0.4 is 10.6 Å². The molecule has 0 atom stereocenters. The number of nitrogen functional groups attached to an aromatic ring is 1. The predicted molar refractivity (Wildman–Crippen MR) is 47.4 cm³/mol. The molecule has 0 aromatic carbocycles. The SMILES string of the molecule is N=C(N)c1ccc(S(=O)(=O)NO)s1. The third kappa shape index (κ3) is 2.04. The van der Waals surface area contributed by atoms with Gasteiger partial charge in [0.25, 0.3) is 10.0 Å². The van der Waals surface area contributed by atoms with Crippen molar-refractivity contribution in [3.8, 4) is 0 Å².